The third-order valence-corrected chi connectivity index (χ3v) is 3.04. The molecule has 1 saturated carbocycles. The lowest BCUT2D eigenvalue weighted by Gasteiger charge is -2.24. The van der Waals surface area contributed by atoms with E-state index in [1.54, 1.807) is 0 Å². The van der Waals surface area contributed by atoms with E-state index in [1.165, 1.54) is 19.3 Å². The molecule has 15 heavy (non-hydrogen) atoms. The van der Waals surface area contributed by atoms with Crippen molar-refractivity contribution in [1.82, 2.24) is 10.6 Å². The summed E-state index contributed by atoms with van der Waals surface area (Å²) < 4.78 is 0. The fourth-order valence-electron chi connectivity index (χ4n) is 2.20. The molecule has 88 valence electrons. The topological polar surface area (TPSA) is 41.1 Å². The molecule has 2 N–H and O–H groups in total. The first-order chi connectivity index (χ1) is 7.22. The van der Waals surface area contributed by atoms with Crippen LogP contribution >= 0.6 is 0 Å². The maximum Gasteiger partial charge on any atom is 0.315 e. The summed E-state index contributed by atoms with van der Waals surface area (Å²) in [4.78, 5) is 11.6. The lowest BCUT2D eigenvalue weighted by molar-refractivity contribution is 0.229. The summed E-state index contributed by atoms with van der Waals surface area (Å²) in [6, 6.07) is 0.717. The third-order valence-electron chi connectivity index (χ3n) is 3.04. The fourth-order valence-corrected chi connectivity index (χ4v) is 2.20. The molecule has 0 aromatic rings. The smallest absolute Gasteiger partial charge is 0.315 e. The Morgan fingerprint density at radius 2 is 2.00 bits per heavy atom. The molecule has 0 spiro atoms. The first kappa shape index (κ1) is 12.3. The van der Waals surface area contributed by atoms with Gasteiger partial charge in [0.1, 0.15) is 0 Å². The highest BCUT2D eigenvalue weighted by atomic mass is 16.2. The molecule has 3 nitrogen and oxygen atoms in total. The van der Waals surface area contributed by atoms with E-state index in [4.69, 9.17) is 0 Å². The van der Waals surface area contributed by atoms with Crippen LogP contribution in [0, 0.1) is 0 Å². The molecule has 0 radical (unpaired) electrons. The summed E-state index contributed by atoms with van der Waals surface area (Å²) in [5.74, 6) is 0. The molecular formula is C12H24N2O. The van der Waals surface area contributed by atoms with E-state index in [9.17, 15) is 4.79 Å². The predicted molar refractivity (Wildman–Crippen MR) is 62.9 cm³/mol. The molecule has 2 amide bonds. The Kier molecular flexibility index (Phi) is 5.51. The van der Waals surface area contributed by atoms with Crippen LogP contribution in [0.2, 0.25) is 0 Å². The minimum atomic E-state index is 0.0165. The van der Waals surface area contributed by atoms with Crippen LogP contribution in [0.1, 0.15) is 58.8 Å². The van der Waals surface area contributed by atoms with Gasteiger partial charge in [0.2, 0.25) is 0 Å². The van der Waals surface area contributed by atoms with Gasteiger partial charge in [0.25, 0.3) is 0 Å². The number of nitrogens with one attached hydrogen (secondary N) is 2. The molecule has 0 heterocycles. The van der Waals surface area contributed by atoms with Crippen LogP contribution in [-0.4, -0.2) is 18.1 Å². The van der Waals surface area contributed by atoms with Crippen LogP contribution in [-0.2, 0) is 0 Å². The monoisotopic (exact) mass is 212 g/mol. The maximum absolute atomic E-state index is 11.6. The van der Waals surface area contributed by atoms with Gasteiger partial charge in [-0.1, -0.05) is 32.6 Å². The van der Waals surface area contributed by atoms with E-state index in [-0.39, 0.29) is 6.03 Å². The van der Waals surface area contributed by atoms with Crippen molar-refractivity contribution in [3.8, 4) is 0 Å². The van der Waals surface area contributed by atoms with Crippen molar-refractivity contribution in [1.29, 1.82) is 0 Å². The van der Waals surface area contributed by atoms with Gasteiger partial charge in [0.05, 0.1) is 0 Å². The Morgan fingerprint density at radius 3 is 2.60 bits per heavy atom. The fraction of sp³-hybridized carbons (Fsp3) is 0.917. The lowest BCUT2D eigenvalue weighted by Crippen LogP contribution is -2.45. The van der Waals surface area contributed by atoms with Gasteiger partial charge in [-0.05, 0) is 26.2 Å². The molecule has 0 aromatic heterocycles. The highest BCUT2D eigenvalue weighted by Gasteiger charge is 2.16. The van der Waals surface area contributed by atoms with Crippen LogP contribution in [0.25, 0.3) is 0 Å². The average molecular weight is 212 g/mol. The van der Waals surface area contributed by atoms with Crippen molar-refractivity contribution in [3.63, 3.8) is 0 Å². The van der Waals surface area contributed by atoms with Crippen LogP contribution in [0.15, 0.2) is 0 Å². The summed E-state index contributed by atoms with van der Waals surface area (Å²) >= 11 is 0. The standard InChI is InChI=1S/C12H24N2O/c1-3-7-10(2)13-12(15)14-11-8-5-4-6-9-11/h10-11H,3-9H2,1-2H3,(H2,13,14,15)/t10-/m0/s1. The Morgan fingerprint density at radius 1 is 1.33 bits per heavy atom. The van der Waals surface area contributed by atoms with Gasteiger partial charge in [0.15, 0.2) is 0 Å². The molecule has 1 fully saturated rings. The highest BCUT2D eigenvalue weighted by Crippen LogP contribution is 2.17. The average Bonchev–Trinajstić information content (AvgIpc) is 2.19. The summed E-state index contributed by atoms with van der Waals surface area (Å²) in [6.45, 7) is 4.20. The van der Waals surface area contributed by atoms with Crippen LogP contribution < -0.4 is 10.6 Å². The number of rotatable bonds is 4. The van der Waals surface area contributed by atoms with Gasteiger partial charge in [0, 0.05) is 12.1 Å². The van der Waals surface area contributed by atoms with Crippen molar-refractivity contribution in [3.05, 3.63) is 0 Å². The van der Waals surface area contributed by atoms with Crippen molar-refractivity contribution in [2.75, 3.05) is 0 Å². The minimum absolute atomic E-state index is 0.0165. The number of hydrogen-bond donors (Lipinski definition) is 2. The second-order valence-corrected chi connectivity index (χ2v) is 4.64. The molecule has 0 aliphatic heterocycles. The molecule has 0 saturated heterocycles. The van der Waals surface area contributed by atoms with E-state index in [2.05, 4.69) is 24.5 Å². The second kappa shape index (κ2) is 6.70. The summed E-state index contributed by atoms with van der Waals surface area (Å²) in [6.07, 6.45) is 8.31. The summed E-state index contributed by atoms with van der Waals surface area (Å²) in [5.41, 5.74) is 0. The predicted octanol–water partition coefficient (Wildman–Crippen LogP) is 2.81. The zero-order valence-corrected chi connectivity index (χ0v) is 10.0. The first-order valence-electron chi connectivity index (χ1n) is 6.29. The van der Waals surface area contributed by atoms with E-state index >= 15 is 0 Å². The maximum atomic E-state index is 11.6. The molecule has 0 bridgehead atoms. The lowest BCUT2D eigenvalue weighted by atomic mass is 9.96. The normalized spacial score (nSPS) is 19.6. The molecule has 1 rings (SSSR count). The Balaban J connectivity index is 2.16. The van der Waals surface area contributed by atoms with Crippen LogP contribution in [0.4, 0.5) is 4.79 Å². The number of carbonyl (C=O) groups excluding carboxylic acids is 1. The first-order valence-corrected chi connectivity index (χ1v) is 6.29. The zero-order valence-electron chi connectivity index (χ0n) is 10.0. The van der Waals surface area contributed by atoms with E-state index in [0.717, 1.165) is 25.7 Å². The number of amides is 2. The van der Waals surface area contributed by atoms with E-state index in [0.29, 0.717) is 12.1 Å². The largest absolute Gasteiger partial charge is 0.336 e. The minimum Gasteiger partial charge on any atom is -0.336 e. The second-order valence-electron chi connectivity index (χ2n) is 4.64. The van der Waals surface area contributed by atoms with Crippen molar-refractivity contribution in [2.24, 2.45) is 0 Å². The Labute approximate surface area is 93.0 Å². The van der Waals surface area contributed by atoms with Crippen molar-refractivity contribution in [2.45, 2.75) is 70.9 Å². The Hall–Kier alpha value is -0.730. The van der Waals surface area contributed by atoms with Gasteiger partial charge >= 0.3 is 6.03 Å². The number of urea groups is 1. The van der Waals surface area contributed by atoms with Crippen LogP contribution in [0.3, 0.4) is 0 Å². The summed E-state index contributed by atoms with van der Waals surface area (Å²) in [5, 5.41) is 6.04. The van der Waals surface area contributed by atoms with Gasteiger partial charge in [-0.15, -0.1) is 0 Å². The molecule has 1 aliphatic rings. The Bertz CT molecular complexity index is 188. The zero-order chi connectivity index (χ0) is 11.1. The van der Waals surface area contributed by atoms with Gasteiger partial charge in [-0.25, -0.2) is 4.79 Å². The van der Waals surface area contributed by atoms with E-state index in [1.807, 2.05) is 0 Å². The van der Waals surface area contributed by atoms with Crippen LogP contribution in [0.5, 0.6) is 0 Å². The van der Waals surface area contributed by atoms with Crippen molar-refractivity contribution >= 4 is 6.03 Å². The number of hydrogen-bond acceptors (Lipinski definition) is 1. The molecule has 1 atom stereocenters. The number of carbonyl (C=O) groups is 1. The quantitative estimate of drug-likeness (QED) is 0.739. The molecular weight excluding hydrogens is 188 g/mol. The van der Waals surface area contributed by atoms with Gasteiger partial charge < -0.3 is 10.6 Å². The van der Waals surface area contributed by atoms with Gasteiger partial charge in [-0.3, -0.25) is 0 Å². The molecule has 3 heteroatoms. The molecule has 0 aromatic carbocycles. The van der Waals surface area contributed by atoms with E-state index < -0.39 is 0 Å². The van der Waals surface area contributed by atoms with Gasteiger partial charge in [-0.2, -0.15) is 0 Å². The highest BCUT2D eigenvalue weighted by molar-refractivity contribution is 5.74. The van der Waals surface area contributed by atoms with Crippen molar-refractivity contribution < 1.29 is 4.79 Å². The third kappa shape index (κ3) is 5.05. The summed E-state index contributed by atoms with van der Waals surface area (Å²) in [7, 11) is 0. The SMILES string of the molecule is CCC[C@H](C)NC(=O)NC1CCCCC1. The molecule has 1 aliphatic carbocycles. The molecule has 0 unspecified atom stereocenters.